The van der Waals surface area contributed by atoms with Crippen LogP contribution in [0.1, 0.15) is 0 Å². The maximum Gasteiger partial charge on any atom is 0.242 e. The minimum atomic E-state index is -0.538. The van der Waals surface area contributed by atoms with Gasteiger partial charge in [0.1, 0.15) is 5.70 Å². The van der Waals surface area contributed by atoms with Gasteiger partial charge in [0.15, 0.2) is 6.29 Å². The number of para-hydroxylation sites is 2. The van der Waals surface area contributed by atoms with Gasteiger partial charge in [-0.3, -0.25) is 9.59 Å². The Balaban J connectivity index is 2.29. The zero-order valence-corrected chi connectivity index (χ0v) is 11.1. The summed E-state index contributed by atoms with van der Waals surface area (Å²) in [5, 5.41) is 2.99. The van der Waals surface area contributed by atoms with Crippen LogP contribution in [-0.2, 0) is 9.59 Å². The maximum atomic E-state index is 11.5. The van der Waals surface area contributed by atoms with Crippen molar-refractivity contribution in [1.82, 2.24) is 4.90 Å². The van der Waals surface area contributed by atoms with E-state index < -0.39 is 5.78 Å². The molecule has 1 aliphatic rings. The predicted molar refractivity (Wildman–Crippen MR) is 75.1 cm³/mol. The molecule has 0 saturated carbocycles. The van der Waals surface area contributed by atoms with Crippen molar-refractivity contribution >= 4 is 23.4 Å². The number of aldehydes is 1. The Morgan fingerprint density at radius 2 is 2.11 bits per heavy atom. The molecule has 1 aromatic carbocycles. The van der Waals surface area contributed by atoms with Gasteiger partial charge in [-0.25, -0.2) is 0 Å². The van der Waals surface area contributed by atoms with E-state index in [1.165, 1.54) is 0 Å². The lowest BCUT2D eigenvalue weighted by molar-refractivity contribution is -0.127. The number of hydrogen-bond donors (Lipinski definition) is 1. The van der Waals surface area contributed by atoms with Crippen LogP contribution < -0.4 is 10.2 Å². The number of Topliss-reactive ketones (excluding diaryl/α,β-unsaturated/α-hetero) is 1. The minimum Gasteiger partial charge on any atom is -0.349 e. The first-order valence-electron chi connectivity index (χ1n) is 6.10. The molecule has 0 radical (unpaired) electrons. The molecule has 0 saturated heterocycles. The van der Waals surface area contributed by atoms with E-state index in [1.807, 2.05) is 43.3 Å². The second-order valence-corrected chi connectivity index (χ2v) is 4.66. The Hall–Kier alpha value is -2.14. The SMILES string of the molecule is CN(C)CCN1C=C(C(=O)C=O)Nc2ccccc21. The monoisotopic (exact) mass is 259 g/mol. The van der Waals surface area contributed by atoms with Crippen molar-refractivity contribution in [2.24, 2.45) is 0 Å². The first-order chi connectivity index (χ1) is 9.11. The van der Waals surface area contributed by atoms with Crippen molar-refractivity contribution in [3.63, 3.8) is 0 Å². The first kappa shape index (κ1) is 13.3. The molecule has 0 aromatic heterocycles. The highest BCUT2D eigenvalue weighted by Crippen LogP contribution is 2.31. The van der Waals surface area contributed by atoms with Gasteiger partial charge in [0.2, 0.25) is 5.78 Å². The van der Waals surface area contributed by atoms with Crippen LogP contribution >= 0.6 is 0 Å². The summed E-state index contributed by atoms with van der Waals surface area (Å²) in [7, 11) is 3.99. The molecule has 5 nitrogen and oxygen atoms in total. The number of fused-ring (bicyclic) bond motifs is 1. The van der Waals surface area contributed by atoms with Gasteiger partial charge in [-0.15, -0.1) is 0 Å². The number of benzene rings is 1. The summed E-state index contributed by atoms with van der Waals surface area (Å²) in [5.74, 6) is -0.538. The standard InChI is InChI=1S/C14H17N3O2/c1-16(2)7-8-17-9-12(14(19)10-18)15-11-5-3-4-6-13(11)17/h3-6,9-10,15H,7-8H2,1-2H3. The number of nitrogens with zero attached hydrogens (tertiary/aromatic N) is 2. The van der Waals surface area contributed by atoms with Gasteiger partial charge in [-0.2, -0.15) is 0 Å². The molecule has 1 heterocycles. The largest absolute Gasteiger partial charge is 0.349 e. The molecule has 5 heteroatoms. The van der Waals surface area contributed by atoms with Crippen LogP contribution in [0.2, 0.25) is 0 Å². The molecule has 0 fully saturated rings. The van der Waals surface area contributed by atoms with Gasteiger partial charge in [-0.1, -0.05) is 12.1 Å². The summed E-state index contributed by atoms with van der Waals surface area (Å²) in [4.78, 5) is 26.2. The molecular formula is C14H17N3O2. The van der Waals surface area contributed by atoms with Crippen molar-refractivity contribution in [3.8, 4) is 0 Å². The molecule has 2 rings (SSSR count). The van der Waals surface area contributed by atoms with Gasteiger partial charge < -0.3 is 15.1 Å². The smallest absolute Gasteiger partial charge is 0.242 e. The van der Waals surface area contributed by atoms with Gasteiger partial charge in [0.05, 0.1) is 11.4 Å². The van der Waals surface area contributed by atoms with Gasteiger partial charge in [0, 0.05) is 19.3 Å². The topological polar surface area (TPSA) is 52.7 Å². The third-order valence-electron chi connectivity index (χ3n) is 2.93. The van der Waals surface area contributed by atoms with Crippen molar-refractivity contribution in [2.75, 3.05) is 37.4 Å². The fourth-order valence-electron chi connectivity index (χ4n) is 1.91. The Bertz CT molecular complexity index is 523. The van der Waals surface area contributed by atoms with Crippen molar-refractivity contribution < 1.29 is 9.59 Å². The van der Waals surface area contributed by atoms with Crippen LogP contribution in [0.3, 0.4) is 0 Å². The second kappa shape index (κ2) is 5.67. The van der Waals surface area contributed by atoms with E-state index in [0.717, 1.165) is 24.5 Å². The summed E-state index contributed by atoms with van der Waals surface area (Å²) in [6.07, 6.45) is 2.03. The minimum absolute atomic E-state index is 0.312. The van der Waals surface area contributed by atoms with E-state index in [1.54, 1.807) is 6.20 Å². The van der Waals surface area contributed by atoms with Gasteiger partial charge in [-0.05, 0) is 26.2 Å². The number of allylic oxidation sites excluding steroid dienone is 1. The summed E-state index contributed by atoms with van der Waals surface area (Å²) in [6, 6.07) is 7.72. The van der Waals surface area contributed by atoms with Crippen LogP contribution in [0.4, 0.5) is 11.4 Å². The van der Waals surface area contributed by atoms with Crippen LogP contribution in [0.15, 0.2) is 36.2 Å². The molecule has 19 heavy (non-hydrogen) atoms. The summed E-state index contributed by atoms with van der Waals surface area (Å²) in [5.41, 5.74) is 2.16. The third kappa shape index (κ3) is 3.00. The maximum absolute atomic E-state index is 11.5. The highest BCUT2D eigenvalue weighted by molar-refractivity contribution is 6.34. The molecule has 0 spiro atoms. The van der Waals surface area contributed by atoms with Crippen molar-refractivity contribution in [2.45, 2.75) is 0 Å². The average molecular weight is 259 g/mol. The molecule has 0 bridgehead atoms. The lowest BCUT2D eigenvalue weighted by Crippen LogP contribution is -2.32. The summed E-state index contributed by atoms with van der Waals surface area (Å²) in [6.45, 7) is 1.61. The second-order valence-electron chi connectivity index (χ2n) is 4.66. The number of carbonyl (C=O) groups excluding carboxylic acids is 2. The fourth-order valence-corrected chi connectivity index (χ4v) is 1.91. The van der Waals surface area contributed by atoms with Crippen molar-refractivity contribution in [1.29, 1.82) is 0 Å². The number of ketones is 1. The van der Waals surface area contributed by atoms with Crippen LogP contribution in [0.25, 0.3) is 0 Å². The van der Waals surface area contributed by atoms with Crippen LogP contribution in [0, 0.1) is 0 Å². The van der Waals surface area contributed by atoms with Crippen LogP contribution in [-0.4, -0.2) is 44.2 Å². The molecule has 0 unspecified atom stereocenters. The third-order valence-corrected chi connectivity index (χ3v) is 2.93. The van der Waals surface area contributed by atoms with Crippen molar-refractivity contribution in [3.05, 3.63) is 36.2 Å². The molecule has 1 aliphatic heterocycles. The Kier molecular flexibility index (Phi) is 3.97. The Morgan fingerprint density at radius 1 is 1.37 bits per heavy atom. The van der Waals surface area contributed by atoms with E-state index in [2.05, 4.69) is 10.2 Å². The van der Waals surface area contributed by atoms with E-state index >= 15 is 0 Å². The molecule has 100 valence electrons. The molecular weight excluding hydrogens is 242 g/mol. The molecule has 0 aliphatic carbocycles. The number of carbonyl (C=O) groups is 2. The normalized spacial score (nSPS) is 13.6. The number of anilines is 2. The highest BCUT2D eigenvalue weighted by Gasteiger charge is 2.20. The number of rotatable bonds is 5. The highest BCUT2D eigenvalue weighted by atomic mass is 16.2. The average Bonchev–Trinajstić information content (AvgIpc) is 2.43. The first-order valence-corrected chi connectivity index (χ1v) is 6.10. The zero-order valence-electron chi connectivity index (χ0n) is 11.1. The van der Waals surface area contributed by atoms with Gasteiger partial charge in [0.25, 0.3) is 0 Å². The Morgan fingerprint density at radius 3 is 2.79 bits per heavy atom. The molecule has 1 N–H and O–H groups in total. The molecule has 1 aromatic rings. The number of nitrogens with one attached hydrogen (secondary N) is 1. The van der Waals surface area contributed by atoms with E-state index in [-0.39, 0.29) is 0 Å². The lowest BCUT2D eigenvalue weighted by atomic mass is 10.1. The summed E-state index contributed by atoms with van der Waals surface area (Å²) >= 11 is 0. The predicted octanol–water partition coefficient (Wildman–Crippen LogP) is 1.09. The van der Waals surface area contributed by atoms with E-state index in [0.29, 0.717) is 12.0 Å². The lowest BCUT2D eigenvalue weighted by Gasteiger charge is -2.30. The number of likely N-dealkylation sites (N-methyl/N-ethyl adjacent to an activating group) is 1. The van der Waals surface area contributed by atoms with Gasteiger partial charge >= 0.3 is 0 Å². The number of hydrogen-bond acceptors (Lipinski definition) is 5. The fraction of sp³-hybridized carbons (Fsp3) is 0.286. The summed E-state index contributed by atoms with van der Waals surface area (Å²) < 4.78 is 0. The van der Waals surface area contributed by atoms with Crippen LogP contribution in [0.5, 0.6) is 0 Å². The van der Waals surface area contributed by atoms with E-state index in [4.69, 9.17) is 0 Å². The Labute approximate surface area is 112 Å². The van der Waals surface area contributed by atoms with E-state index in [9.17, 15) is 9.59 Å². The quantitative estimate of drug-likeness (QED) is 0.633. The molecule has 0 atom stereocenters. The molecule has 0 amide bonds. The zero-order chi connectivity index (χ0) is 13.8.